The number of nitrogens with two attached hydrogens (primary N) is 1. The number of carbonyl (C=O) groups is 1. The molecular weight excluding hydrogens is 166 g/mol. The van der Waals surface area contributed by atoms with Crippen LogP contribution in [0.1, 0.15) is 33.6 Å². The van der Waals surface area contributed by atoms with E-state index in [1.165, 1.54) is 0 Å². The van der Waals surface area contributed by atoms with Crippen molar-refractivity contribution < 1.29 is 9.53 Å². The minimum absolute atomic E-state index is 0.156. The fourth-order valence-electron chi connectivity index (χ4n) is 1.71. The van der Waals surface area contributed by atoms with Crippen molar-refractivity contribution in [2.45, 2.75) is 39.2 Å². The Morgan fingerprint density at radius 3 is 2.15 bits per heavy atom. The Bertz CT molecular complexity index is 199. The Morgan fingerprint density at radius 1 is 1.31 bits per heavy atom. The predicted octanol–water partition coefficient (Wildman–Crippen LogP) is 1.11. The maximum Gasteiger partial charge on any atom is 0.158 e. The van der Waals surface area contributed by atoms with Crippen LogP contribution in [0.5, 0.6) is 0 Å². The predicted molar refractivity (Wildman–Crippen MR) is 51.4 cm³/mol. The number of rotatable bonds is 1. The third-order valence-electron chi connectivity index (χ3n) is 2.52. The molecule has 0 spiro atoms. The van der Waals surface area contributed by atoms with Crippen LogP contribution in [0.25, 0.3) is 0 Å². The lowest BCUT2D eigenvalue weighted by Gasteiger charge is -2.36. The molecule has 0 radical (unpaired) electrons. The Labute approximate surface area is 79.6 Å². The third kappa shape index (κ3) is 2.29. The highest BCUT2D eigenvalue weighted by atomic mass is 16.5. The van der Waals surface area contributed by atoms with E-state index in [1.807, 2.05) is 20.8 Å². The summed E-state index contributed by atoms with van der Waals surface area (Å²) in [6.07, 6.45) is 1.31. The molecule has 0 aromatic carbocycles. The summed E-state index contributed by atoms with van der Waals surface area (Å²) in [7, 11) is 0. The van der Waals surface area contributed by atoms with Gasteiger partial charge in [-0.15, -0.1) is 0 Å². The molecule has 0 aliphatic carbocycles. The number of hydrogen-bond acceptors (Lipinski definition) is 3. The van der Waals surface area contributed by atoms with Gasteiger partial charge in [0.05, 0.1) is 5.54 Å². The van der Waals surface area contributed by atoms with Crippen molar-refractivity contribution in [2.75, 3.05) is 13.2 Å². The number of Topliss-reactive ketones (excluding diaryl/α,β-unsaturated/α-hetero) is 1. The quantitative estimate of drug-likeness (QED) is 0.665. The number of ether oxygens (including phenoxy) is 1. The minimum atomic E-state index is -0.642. The van der Waals surface area contributed by atoms with Crippen LogP contribution in [0.3, 0.4) is 0 Å². The number of ketones is 1. The molecule has 0 bridgehead atoms. The Morgan fingerprint density at radius 2 is 1.77 bits per heavy atom. The van der Waals surface area contributed by atoms with Gasteiger partial charge in [-0.05, 0) is 12.8 Å². The first kappa shape index (κ1) is 10.7. The van der Waals surface area contributed by atoms with Gasteiger partial charge >= 0.3 is 0 Å². The van der Waals surface area contributed by atoms with Gasteiger partial charge in [0.15, 0.2) is 5.78 Å². The minimum Gasteiger partial charge on any atom is -0.381 e. The molecule has 3 nitrogen and oxygen atoms in total. The molecule has 1 rings (SSSR count). The lowest BCUT2D eigenvalue weighted by atomic mass is 9.75. The summed E-state index contributed by atoms with van der Waals surface area (Å²) in [6, 6.07) is 0. The zero-order valence-corrected chi connectivity index (χ0v) is 8.72. The molecule has 0 unspecified atom stereocenters. The maximum absolute atomic E-state index is 12.0. The van der Waals surface area contributed by atoms with Gasteiger partial charge in [0.25, 0.3) is 0 Å². The largest absolute Gasteiger partial charge is 0.381 e. The smallest absolute Gasteiger partial charge is 0.158 e. The molecule has 1 saturated heterocycles. The summed E-state index contributed by atoms with van der Waals surface area (Å²) in [5.74, 6) is 0.156. The molecule has 1 fully saturated rings. The standard InChI is InChI=1S/C10H19NO2/c1-9(2,3)8(12)10(11)4-6-13-7-5-10/h4-7,11H2,1-3H3. The summed E-state index contributed by atoms with van der Waals surface area (Å²) < 4.78 is 5.20. The summed E-state index contributed by atoms with van der Waals surface area (Å²) >= 11 is 0. The molecule has 0 aromatic rings. The molecule has 1 heterocycles. The third-order valence-corrected chi connectivity index (χ3v) is 2.52. The molecule has 2 N–H and O–H groups in total. The lowest BCUT2D eigenvalue weighted by Crippen LogP contribution is -2.55. The molecule has 1 aliphatic heterocycles. The second kappa shape index (κ2) is 3.39. The van der Waals surface area contributed by atoms with Gasteiger partial charge in [0, 0.05) is 18.6 Å². The molecule has 13 heavy (non-hydrogen) atoms. The van der Waals surface area contributed by atoms with E-state index < -0.39 is 5.54 Å². The first-order chi connectivity index (χ1) is 5.86. The van der Waals surface area contributed by atoms with E-state index in [0.29, 0.717) is 26.1 Å². The van der Waals surface area contributed by atoms with Crippen LogP contribution < -0.4 is 5.73 Å². The van der Waals surface area contributed by atoms with Crippen molar-refractivity contribution >= 4 is 5.78 Å². The average Bonchev–Trinajstić information content (AvgIpc) is 2.03. The van der Waals surface area contributed by atoms with Crippen LogP contribution in [-0.4, -0.2) is 24.5 Å². The van der Waals surface area contributed by atoms with Crippen LogP contribution in [-0.2, 0) is 9.53 Å². The van der Waals surface area contributed by atoms with Crippen LogP contribution in [0, 0.1) is 5.41 Å². The second-order valence-electron chi connectivity index (χ2n) is 4.85. The molecule has 0 amide bonds. The van der Waals surface area contributed by atoms with Crippen LogP contribution >= 0.6 is 0 Å². The van der Waals surface area contributed by atoms with Gasteiger partial charge < -0.3 is 10.5 Å². The highest BCUT2D eigenvalue weighted by molar-refractivity contribution is 5.92. The Hall–Kier alpha value is -0.410. The normalized spacial score (nSPS) is 22.8. The Balaban J connectivity index is 2.73. The topological polar surface area (TPSA) is 52.3 Å². The number of hydrogen-bond donors (Lipinski definition) is 1. The summed E-state index contributed by atoms with van der Waals surface area (Å²) in [6.45, 7) is 6.97. The van der Waals surface area contributed by atoms with Crippen molar-refractivity contribution in [3.8, 4) is 0 Å². The highest BCUT2D eigenvalue weighted by Gasteiger charge is 2.41. The van der Waals surface area contributed by atoms with Crippen LogP contribution in [0.15, 0.2) is 0 Å². The van der Waals surface area contributed by atoms with E-state index in [9.17, 15) is 4.79 Å². The molecule has 0 aromatic heterocycles. The first-order valence-corrected chi connectivity index (χ1v) is 4.78. The summed E-state index contributed by atoms with van der Waals surface area (Å²) in [5, 5.41) is 0. The molecule has 1 aliphatic rings. The van der Waals surface area contributed by atoms with Crippen molar-refractivity contribution in [1.29, 1.82) is 0 Å². The van der Waals surface area contributed by atoms with Gasteiger partial charge in [-0.3, -0.25) is 4.79 Å². The fourth-order valence-corrected chi connectivity index (χ4v) is 1.71. The number of carbonyl (C=O) groups excluding carboxylic acids is 1. The molecule has 76 valence electrons. The SMILES string of the molecule is CC(C)(C)C(=O)C1(N)CCOCC1. The van der Waals surface area contributed by atoms with Gasteiger partial charge in [-0.1, -0.05) is 20.8 Å². The Kier molecular flexibility index (Phi) is 2.78. The van der Waals surface area contributed by atoms with E-state index in [2.05, 4.69) is 0 Å². The highest BCUT2D eigenvalue weighted by Crippen LogP contribution is 2.28. The van der Waals surface area contributed by atoms with Gasteiger partial charge in [0.1, 0.15) is 0 Å². The fraction of sp³-hybridized carbons (Fsp3) is 0.900. The van der Waals surface area contributed by atoms with Gasteiger partial charge in [-0.2, -0.15) is 0 Å². The molecule has 3 heteroatoms. The van der Waals surface area contributed by atoms with E-state index >= 15 is 0 Å². The molecule has 0 atom stereocenters. The summed E-state index contributed by atoms with van der Waals surface area (Å²) in [4.78, 5) is 12.0. The second-order valence-corrected chi connectivity index (χ2v) is 4.85. The van der Waals surface area contributed by atoms with Gasteiger partial charge in [-0.25, -0.2) is 0 Å². The van der Waals surface area contributed by atoms with E-state index in [-0.39, 0.29) is 11.2 Å². The van der Waals surface area contributed by atoms with E-state index in [4.69, 9.17) is 10.5 Å². The molecule has 0 saturated carbocycles. The van der Waals surface area contributed by atoms with Crippen LogP contribution in [0.4, 0.5) is 0 Å². The zero-order chi connectivity index (χ0) is 10.1. The molecular formula is C10H19NO2. The van der Waals surface area contributed by atoms with Crippen molar-refractivity contribution in [3.63, 3.8) is 0 Å². The van der Waals surface area contributed by atoms with Gasteiger partial charge in [0.2, 0.25) is 0 Å². The van der Waals surface area contributed by atoms with Crippen molar-refractivity contribution in [2.24, 2.45) is 11.1 Å². The zero-order valence-electron chi connectivity index (χ0n) is 8.72. The van der Waals surface area contributed by atoms with E-state index in [1.54, 1.807) is 0 Å². The monoisotopic (exact) mass is 185 g/mol. The average molecular weight is 185 g/mol. The van der Waals surface area contributed by atoms with Crippen molar-refractivity contribution in [3.05, 3.63) is 0 Å². The summed E-state index contributed by atoms with van der Waals surface area (Å²) in [5.41, 5.74) is 5.08. The lowest BCUT2D eigenvalue weighted by molar-refractivity contribution is -0.135. The van der Waals surface area contributed by atoms with E-state index in [0.717, 1.165) is 0 Å². The van der Waals surface area contributed by atoms with Crippen molar-refractivity contribution in [1.82, 2.24) is 0 Å². The maximum atomic E-state index is 12.0. The van der Waals surface area contributed by atoms with Crippen LogP contribution in [0.2, 0.25) is 0 Å². The first-order valence-electron chi connectivity index (χ1n) is 4.78.